The number of fused-ring (bicyclic) bond motifs is 3. The van der Waals surface area contributed by atoms with E-state index in [0.717, 1.165) is 40.7 Å². The number of nitrogen functional groups attached to an aromatic ring is 1. The topological polar surface area (TPSA) is 56.7 Å². The van der Waals surface area contributed by atoms with Crippen LogP contribution in [-0.4, -0.2) is 14.5 Å². The van der Waals surface area contributed by atoms with E-state index in [2.05, 4.69) is 27.5 Å². The smallest absolute Gasteiger partial charge is 0.152 e. The van der Waals surface area contributed by atoms with Crippen molar-refractivity contribution in [3.8, 4) is 0 Å². The van der Waals surface area contributed by atoms with E-state index in [-0.39, 0.29) is 0 Å². The Morgan fingerprint density at radius 2 is 2.00 bits per heavy atom. The fourth-order valence-electron chi connectivity index (χ4n) is 2.47. The molecule has 0 atom stereocenters. The van der Waals surface area contributed by atoms with Gasteiger partial charge in [0.15, 0.2) is 5.82 Å². The van der Waals surface area contributed by atoms with Crippen LogP contribution in [0.15, 0.2) is 24.3 Å². The van der Waals surface area contributed by atoms with Crippen LogP contribution in [0.5, 0.6) is 0 Å². The Balaban J connectivity index is 2.51. The van der Waals surface area contributed by atoms with Gasteiger partial charge in [0.25, 0.3) is 0 Å². The lowest BCUT2D eigenvalue weighted by Gasteiger charge is -2.07. The molecule has 0 saturated carbocycles. The van der Waals surface area contributed by atoms with Crippen molar-refractivity contribution in [1.29, 1.82) is 0 Å². The summed E-state index contributed by atoms with van der Waals surface area (Å²) in [5, 5.41) is 1.12. The summed E-state index contributed by atoms with van der Waals surface area (Å²) in [5.74, 6) is 1.51. The first-order valence-electron chi connectivity index (χ1n) is 6.23. The van der Waals surface area contributed by atoms with Gasteiger partial charge >= 0.3 is 0 Å². The van der Waals surface area contributed by atoms with Crippen molar-refractivity contribution in [3.05, 3.63) is 30.1 Å². The summed E-state index contributed by atoms with van der Waals surface area (Å²) in [7, 11) is 0. The summed E-state index contributed by atoms with van der Waals surface area (Å²) in [6, 6.07) is 8.08. The van der Waals surface area contributed by atoms with Gasteiger partial charge in [-0.2, -0.15) is 0 Å². The molecule has 0 spiro atoms. The molecule has 0 saturated heterocycles. The second-order valence-corrected chi connectivity index (χ2v) is 4.52. The average Bonchev–Trinajstić information content (AvgIpc) is 2.69. The van der Waals surface area contributed by atoms with Crippen molar-refractivity contribution in [1.82, 2.24) is 14.5 Å². The zero-order valence-electron chi connectivity index (χ0n) is 10.6. The number of nitrogens with two attached hydrogens (primary N) is 1. The fraction of sp³-hybridized carbons (Fsp3) is 0.286. The lowest BCUT2D eigenvalue weighted by Crippen LogP contribution is -2.00. The fourth-order valence-corrected chi connectivity index (χ4v) is 2.47. The van der Waals surface area contributed by atoms with Crippen LogP contribution in [0, 0.1) is 6.92 Å². The van der Waals surface area contributed by atoms with E-state index < -0.39 is 0 Å². The number of hydrogen-bond acceptors (Lipinski definition) is 3. The number of imidazole rings is 1. The zero-order valence-corrected chi connectivity index (χ0v) is 10.6. The van der Waals surface area contributed by atoms with Crippen LogP contribution in [-0.2, 0) is 6.54 Å². The molecular formula is C14H16N4. The molecule has 0 aliphatic carbocycles. The van der Waals surface area contributed by atoms with E-state index in [9.17, 15) is 0 Å². The third-order valence-corrected chi connectivity index (χ3v) is 3.25. The molecule has 1 aromatic carbocycles. The monoisotopic (exact) mass is 240 g/mol. The van der Waals surface area contributed by atoms with Crippen LogP contribution >= 0.6 is 0 Å². The normalized spacial score (nSPS) is 11.4. The molecule has 4 nitrogen and oxygen atoms in total. The summed E-state index contributed by atoms with van der Waals surface area (Å²) in [5.41, 5.74) is 8.87. The molecule has 2 N–H and O–H groups in total. The Morgan fingerprint density at radius 1 is 1.22 bits per heavy atom. The summed E-state index contributed by atoms with van der Waals surface area (Å²) in [4.78, 5) is 8.98. The second-order valence-electron chi connectivity index (χ2n) is 4.52. The van der Waals surface area contributed by atoms with Crippen LogP contribution in [0.3, 0.4) is 0 Å². The van der Waals surface area contributed by atoms with Crippen LogP contribution in [0.1, 0.15) is 19.2 Å². The number of pyridine rings is 1. The first-order valence-corrected chi connectivity index (χ1v) is 6.23. The molecule has 2 aromatic heterocycles. The molecule has 0 unspecified atom stereocenters. The van der Waals surface area contributed by atoms with Crippen molar-refractivity contribution in [3.63, 3.8) is 0 Å². The third kappa shape index (κ3) is 1.45. The van der Waals surface area contributed by atoms with E-state index in [1.807, 2.05) is 25.1 Å². The number of anilines is 1. The van der Waals surface area contributed by atoms with Gasteiger partial charge in [0.2, 0.25) is 0 Å². The van der Waals surface area contributed by atoms with Gasteiger partial charge in [-0.15, -0.1) is 0 Å². The molecule has 0 radical (unpaired) electrons. The molecule has 0 amide bonds. The van der Waals surface area contributed by atoms with Gasteiger partial charge in [-0.3, -0.25) is 0 Å². The largest absolute Gasteiger partial charge is 0.382 e. The molecule has 18 heavy (non-hydrogen) atoms. The van der Waals surface area contributed by atoms with Gasteiger partial charge in [0.1, 0.15) is 11.3 Å². The predicted molar refractivity (Wildman–Crippen MR) is 74.5 cm³/mol. The van der Waals surface area contributed by atoms with E-state index >= 15 is 0 Å². The van der Waals surface area contributed by atoms with Crippen molar-refractivity contribution >= 4 is 27.8 Å². The van der Waals surface area contributed by atoms with Gasteiger partial charge in [0.05, 0.1) is 11.0 Å². The number of benzene rings is 1. The minimum atomic E-state index is 0.515. The molecule has 4 heteroatoms. The molecule has 0 aliphatic heterocycles. The summed E-state index contributed by atoms with van der Waals surface area (Å²) in [6.07, 6.45) is 1.07. The van der Waals surface area contributed by atoms with Crippen molar-refractivity contribution in [2.75, 3.05) is 5.73 Å². The summed E-state index contributed by atoms with van der Waals surface area (Å²) < 4.78 is 2.23. The molecule has 0 bridgehead atoms. The maximum Gasteiger partial charge on any atom is 0.152 e. The summed E-state index contributed by atoms with van der Waals surface area (Å²) >= 11 is 0. The summed E-state index contributed by atoms with van der Waals surface area (Å²) in [6.45, 7) is 5.14. The number of rotatable bonds is 2. The Bertz CT molecular complexity index is 727. The van der Waals surface area contributed by atoms with E-state index in [4.69, 9.17) is 5.73 Å². The van der Waals surface area contributed by atoms with Crippen LogP contribution < -0.4 is 5.73 Å². The SMILES string of the molecule is CCCn1c(C)nc2c(N)nc3ccccc3c21. The minimum absolute atomic E-state index is 0.515. The molecule has 92 valence electrons. The highest BCUT2D eigenvalue weighted by atomic mass is 15.1. The van der Waals surface area contributed by atoms with E-state index in [1.165, 1.54) is 0 Å². The Morgan fingerprint density at radius 3 is 2.78 bits per heavy atom. The highest BCUT2D eigenvalue weighted by Crippen LogP contribution is 2.28. The van der Waals surface area contributed by atoms with Gasteiger partial charge in [-0.25, -0.2) is 9.97 Å². The van der Waals surface area contributed by atoms with Gasteiger partial charge in [-0.1, -0.05) is 25.1 Å². The maximum absolute atomic E-state index is 6.01. The highest BCUT2D eigenvalue weighted by molar-refractivity contribution is 6.06. The number of hydrogen-bond donors (Lipinski definition) is 1. The number of aryl methyl sites for hydroxylation is 2. The first kappa shape index (κ1) is 11.0. The minimum Gasteiger partial charge on any atom is -0.382 e. The van der Waals surface area contributed by atoms with Crippen molar-refractivity contribution in [2.45, 2.75) is 26.8 Å². The van der Waals surface area contributed by atoms with Crippen LogP contribution in [0.4, 0.5) is 5.82 Å². The number of aromatic nitrogens is 3. The number of para-hydroxylation sites is 1. The van der Waals surface area contributed by atoms with Gasteiger partial charge < -0.3 is 10.3 Å². The first-order chi connectivity index (χ1) is 8.72. The van der Waals surface area contributed by atoms with Gasteiger partial charge in [0, 0.05) is 11.9 Å². The zero-order chi connectivity index (χ0) is 12.7. The third-order valence-electron chi connectivity index (χ3n) is 3.25. The van der Waals surface area contributed by atoms with Crippen LogP contribution in [0.25, 0.3) is 21.9 Å². The molecule has 3 aromatic rings. The molecule has 2 heterocycles. The second kappa shape index (κ2) is 3.98. The highest BCUT2D eigenvalue weighted by Gasteiger charge is 2.14. The number of nitrogens with zero attached hydrogens (tertiary/aromatic N) is 3. The van der Waals surface area contributed by atoms with Crippen LogP contribution in [0.2, 0.25) is 0 Å². The van der Waals surface area contributed by atoms with Crippen molar-refractivity contribution in [2.24, 2.45) is 0 Å². The Labute approximate surface area is 105 Å². The van der Waals surface area contributed by atoms with Gasteiger partial charge in [-0.05, 0) is 19.4 Å². The van der Waals surface area contributed by atoms with E-state index in [1.54, 1.807) is 0 Å². The lowest BCUT2D eigenvalue weighted by atomic mass is 10.2. The molecule has 0 aliphatic rings. The standard InChI is InChI=1S/C14H16N4/c1-3-8-18-9(2)16-12-13(18)10-6-4-5-7-11(10)17-14(12)15/h4-7H,3,8H2,1-2H3,(H2,15,17). The molecule has 3 rings (SSSR count). The average molecular weight is 240 g/mol. The Hall–Kier alpha value is -2.10. The van der Waals surface area contributed by atoms with Crippen molar-refractivity contribution < 1.29 is 0 Å². The lowest BCUT2D eigenvalue weighted by molar-refractivity contribution is 0.677. The molecule has 0 fully saturated rings. The Kier molecular flexibility index (Phi) is 2.44. The predicted octanol–water partition coefficient (Wildman–Crippen LogP) is 2.89. The maximum atomic E-state index is 6.01. The van der Waals surface area contributed by atoms with E-state index in [0.29, 0.717) is 5.82 Å². The molecular weight excluding hydrogens is 224 g/mol. The quantitative estimate of drug-likeness (QED) is 0.749.